The van der Waals surface area contributed by atoms with E-state index in [0.717, 1.165) is 0 Å². The maximum Gasteiger partial charge on any atom is 0.490 e. The number of nitrogens with two attached hydrogens (primary N) is 1. The third kappa shape index (κ3) is 8.61. The molecule has 5 N–H and O–H groups in total. The number of aliphatic carboxylic acids is 1. The summed E-state index contributed by atoms with van der Waals surface area (Å²) in [6.07, 6.45) is -8.23. The first kappa shape index (κ1) is 30.4. The molecule has 0 spiro atoms. The second kappa shape index (κ2) is 12.1. The van der Waals surface area contributed by atoms with Gasteiger partial charge in [-0.1, -0.05) is 6.07 Å². The minimum absolute atomic E-state index is 0.0696. The van der Waals surface area contributed by atoms with Crippen molar-refractivity contribution in [2.75, 3.05) is 22.2 Å². The van der Waals surface area contributed by atoms with E-state index in [4.69, 9.17) is 15.6 Å². The molecule has 1 aromatic heterocycles. The second-order valence-electron chi connectivity index (χ2n) is 7.33. The molecule has 3 aromatic rings. The molecule has 3 amide bonds. The highest BCUT2D eigenvalue weighted by Gasteiger charge is 2.38. The van der Waals surface area contributed by atoms with Gasteiger partial charge in [0.05, 0.1) is 16.9 Å². The molecule has 0 fully saturated rings. The minimum atomic E-state index is -5.08. The maximum absolute atomic E-state index is 13.9. The van der Waals surface area contributed by atoms with Gasteiger partial charge in [-0.2, -0.15) is 31.1 Å². The fourth-order valence-electron chi connectivity index (χ4n) is 2.85. The quantitative estimate of drug-likeness (QED) is 0.320. The van der Waals surface area contributed by atoms with E-state index in [2.05, 4.69) is 15.7 Å². The van der Waals surface area contributed by atoms with E-state index in [1.807, 2.05) is 6.92 Å². The van der Waals surface area contributed by atoms with Gasteiger partial charge in [0.25, 0.3) is 5.91 Å². The fraction of sp³-hybridized carbons (Fsp3) is 0.182. The summed E-state index contributed by atoms with van der Waals surface area (Å²) in [6, 6.07) is 8.68. The Balaban J connectivity index is 0.000000673. The molecular formula is C22H19F7N6O4. The summed E-state index contributed by atoms with van der Waals surface area (Å²) in [5.74, 6) is -4.45. The standard InChI is InChI=1S/C20H18F4N6O2.C2HF3O2/c1-2-29(30-9-8-16(28-30)18(25)31)14-5-3-4-13(11-14)26-19(32)27-17-10-12(20(22,23)24)6-7-15(17)21;3-2(4,5)1(6)7/h3-11H,2H2,1H3,(H2,25,31)(H2,26,27,32);(H,6,7). The number of carbonyl (C=O) groups is 3. The fourth-order valence-corrected chi connectivity index (χ4v) is 2.85. The summed E-state index contributed by atoms with van der Waals surface area (Å²) in [7, 11) is 0. The van der Waals surface area contributed by atoms with Crippen molar-refractivity contribution >= 4 is 35.0 Å². The molecule has 0 aliphatic rings. The average Bonchev–Trinajstić information content (AvgIpc) is 3.30. The van der Waals surface area contributed by atoms with Gasteiger partial charge < -0.3 is 21.5 Å². The zero-order chi connectivity index (χ0) is 29.5. The first-order valence-electron chi connectivity index (χ1n) is 10.5. The number of carbonyl (C=O) groups excluding carboxylic acids is 2. The Morgan fingerprint density at radius 3 is 2.18 bits per heavy atom. The van der Waals surface area contributed by atoms with Crippen molar-refractivity contribution in [1.82, 2.24) is 9.89 Å². The third-order valence-corrected chi connectivity index (χ3v) is 4.56. The number of carboxylic acids is 1. The van der Waals surface area contributed by atoms with E-state index in [0.29, 0.717) is 30.4 Å². The molecule has 0 saturated carbocycles. The molecule has 0 atom stereocenters. The Bertz CT molecular complexity index is 1340. The van der Waals surface area contributed by atoms with E-state index in [1.54, 1.807) is 23.2 Å². The van der Waals surface area contributed by atoms with Crippen LogP contribution >= 0.6 is 0 Å². The van der Waals surface area contributed by atoms with Crippen molar-refractivity contribution in [3.8, 4) is 0 Å². The minimum Gasteiger partial charge on any atom is -0.475 e. The predicted octanol–water partition coefficient (Wildman–Crippen LogP) is 4.71. The smallest absolute Gasteiger partial charge is 0.475 e. The summed E-state index contributed by atoms with van der Waals surface area (Å²) in [4.78, 5) is 33.8. The molecule has 10 nitrogen and oxygen atoms in total. The molecule has 0 bridgehead atoms. The van der Waals surface area contributed by atoms with Gasteiger partial charge >= 0.3 is 24.4 Å². The summed E-state index contributed by atoms with van der Waals surface area (Å²) in [5.41, 5.74) is 4.44. The number of anilines is 3. The van der Waals surface area contributed by atoms with Gasteiger partial charge in [-0.25, -0.2) is 14.0 Å². The lowest BCUT2D eigenvalue weighted by molar-refractivity contribution is -0.192. The molecule has 0 aliphatic heterocycles. The highest BCUT2D eigenvalue weighted by atomic mass is 19.4. The Labute approximate surface area is 214 Å². The van der Waals surface area contributed by atoms with Gasteiger partial charge in [0, 0.05) is 18.4 Å². The molecule has 39 heavy (non-hydrogen) atoms. The van der Waals surface area contributed by atoms with Crippen LogP contribution in [-0.2, 0) is 11.0 Å². The SMILES string of the molecule is CCN(c1cccc(NC(=O)Nc2cc(C(F)(F)F)ccc2F)c1)n1ccc(C(N)=O)n1.O=C(O)C(F)(F)F. The normalized spacial score (nSPS) is 11.2. The molecule has 3 rings (SSSR count). The number of amides is 3. The van der Waals surface area contributed by atoms with Crippen LogP contribution in [0.1, 0.15) is 23.0 Å². The Morgan fingerprint density at radius 2 is 1.67 bits per heavy atom. The maximum atomic E-state index is 13.9. The van der Waals surface area contributed by atoms with Crippen LogP contribution in [0.25, 0.3) is 0 Å². The van der Waals surface area contributed by atoms with E-state index in [-0.39, 0.29) is 11.4 Å². The van der Waals surface area contributed by atoms with Crippen LogP contribution in [0.2, 0.25) is 0 Å². The number of halogens is 7. The van der Waals surface area contributed by atoms with Crippen LogP contribution in [0.5, 0.6) is 0 Å². The molecule has 0 aliphatic carbocycles. The highest BCUT2D eigenvalue weighted by Crippen LogP contribution is 2.32. The van der Waals surface area contributed by atoms with E-state index < -0.39 is 47.3 Å². The number of nitrogens with one attached hydrogen (secondary N) is 2. The number of hydrogen-bond acceptors (Lipinski definition) is 5. The summed E-state index contributed by atoms with van der Waals surface area (Å²) in [5, 5.41) is 17.4. The topological polar surface area (TPSA) is 143 Å². The number of hydrogen-bond donors (Lipinski definition) is 4. The first-order valence-corrected chi connectivity index (χ1v) is 10.5. The molecule has 0 saturated heterocycles. The molecular weight excluding hydrogens is 545 g/mol. The Morgan fingerprint density at radius 1 is 1.03 bits per heavy atom. The van der Waals surface area contributed by atoms with Crippen LogP contribution in [0.3, 0.4) is 0 Å². The number of primary amides is 1. The van der Waals surface area contributed by atoms with Crippen molar-refractivity contribution in [1.29, 1.82) is 0 Å². The number of urea groups is 1. The lowest BCUT2D eigenvalue weighted by atomic mass is 10.2. The summed E-state index contributed by atoms with van der Waals surface area (Å²) in [6.45, 7) is 2.26. The van der Waals surface area contributed by atoms with Crippen molar-refractivity contribution in [2.24, 2.45) is 5.73 Å². The van der Waals surface area contributed by atoms with E-state index in [1.165, 1.54) is 23.1 Å². The predicted molar refractivity (Wildman–Crippen MR) is 123 cm³/mol. The molecule has 17 heteroatoms. The molecule has 1 heterocycles. The average molecular weight is 564 g/mol. The van der Waals surface area contributed by atoms with Gasteiger partial charge in [0.15, 0.2) is 5.69 Å². The van der Waals surface area contributed by atoms with E-state index >= 15 is 0 Å². The van der Waals surface area contributed by atoms with E-state index in [9.17, 15) is 40.3 Å². The number of alkyl halides is 6. The second-order valence-corrected chi connectivity index (χ2v) is 7.33. The zero-order valence-corrected chi connectivity index (χ0v) is 19.6. The highest BCUT2D eigenvalue weighted by molar-refractivity contribution is 6.00. The Kier molecular flexibility index (Phi) is 9.46. The van der Waals surface area contributed by atoms with Crippen LogP contribution in [0.15, 0.2) is 54.7 Å². The summed E-state index contributed by atoms with van der Waals surface area (Å²) >= 11 is 0. The first-order chi connectivity index (χ1) is 18.0. The lowest BCUT2D eigenvalue weighted by Crippen LogP contribution is -2.30. The van der Waals surface area contributed by atoms with Crippen molar-refractivity contribution < 1.29 is 50.2 Å². The molecule has 0 unspecified atom stereocenters. The monoisotopic (exact) mass is 564 g/mol. The van der Waals surface area contributed by atoms with Gasteiger partial charge in [-0.05, 0) is 49.4 Å². The number of rotatable bonds is 6. The lowest BCUT2D eigenvalue weighted by Gasteiger charge is -2.23. The largest absolute Gasteiger partial charge is 0.490 e. The van der Waals surface area contributed by atoms with Gasteiger partial charge in [-0.15, -0.1) is 5.10 Å². The van der Waals surface area contributed by atoms with Crippen LogP contribution in [0.4, 0.5) is 52.6 Å². The number of aromatic nitrogens is 2. The Hall–Kier alpha value is -4.83. The summed E-state index contributed by atoms with van der Waals surface area (Å²) < 4.78 is 84.1. The van der Waals surface area contributed by atoms with Crippen LogP contribution in [0, 0.1) is 5.82 Å². The van der Waals surface area contributed by atoms with Gasteiger partial charge in [0.2, 0.25) is 0 Å². The number of carboxylic acid groups (broad SMARTS) is 1. The van der Waals surface area contributed by atoms with Crippen molar-refractivity contribution in [3.63, 3.8) is 0 Å². The molecule has 210 valence electrons. The third-order valence-electron chi connectivity index (χ3n) is 4.56. The van der Waals surface area contributed by atoms with Crippen molar-refractivity contribution in [3.05, 3.63) is 71.8 Å². The number of nitrogens with zero attached hydrogens (tertiary/aromatic N) is 3. The zero-order valence-electron chi connectivity index (χ0n) is 19.6. The van der Waals surface area contributed by atoms with Crippen molar-refractivity contribution in [2.45, 2.75) is 19.3 Å². The van der Waals surface area contributed by atoms with Crippen LogP contribution < -0.4 is 21.4 Å². The molecule has 2 aromatic carbocycles. The van der Waals surface area contributed by atoms with Gasteiger partial charge in [0.1, 0.15) is 5.82 Å². The van der Waals surface area contributed by atoms with Crippen LogP contribution in [-0.4, -0.2) is 45.6 Å². The van der Waals surface area contributed by atoms with Gasteiger partial charge in [-0.3, -0.25) is 9.80 Å². The number of benzene rings is 2. The molecule has 0 radical (unpaired) electrons.